The van der Waals surface area contributed by atoms with Crippen LogP contribution in [-0.2, 0) is 38.0 Å². The third kappa shape index (κ3) is 3.66. The van der Waals surface area contributed by atoms with Crippen molar-refractivity contribution < 1.29 is 49.5 Å². The summed E-state index contributed by atoms with van der Waals surface area (Å²) in [5.74, 6) is -2.14. The van der Waals surface area contributed by atoms with Crippen LogP contribution in [0, 0.1) is 0 Å². The van der Waals surface area contributed by atoms with Crippen molar-refractivity contribution >= 4 is 10.1 Å². The van der Waals surface area contributed by atoms with Gasteiger partial charge in [-0.2, -0.15) is 21.6 Å². The Morgan fingerprint density at radius 2 is 1.64 bits per heavy atom. The van der Waals surface area contributed by atoms with Gasteiger partial charge in [0.05, 0.1) is 6.61 Å². The van der Waals surface area contributed by atoms with Gasteiger partial charge in [0.15, 0.2) is 17.9 Å². The zero-order valence-corrected chi connectivity index (χ0v) is 14.7. The van der Waals surface area contributed by atoms with Crippen LogP contribution in [0.1, 0.15) is 27.7 Å². The number of hydrogen-bond donors (Lipinski definition) is 0. The summed E-state index contributed by atoms with van der Waals surface area (Å²) < 4.78 is 93.0. The Balaban J connectivity index is 1.86. The van der Waals surface area contributed by atoms with E-state index in [1.165, 1.54) is 13.8 Å². The summed E-state index contributed by atoms with van der Waals surface area (Å²) in [4.78, 5) is 0. The van der Waals surface area contributed by atoms with Crippen molar-refractivity contribution in [2.45, 2.75) is 75.5 Å². The molecule has 8 nitrogen and oxygen atoms in total. The fourth-order valence-corrected chi connectivity index (χ4v) is 3.61. The first-order valence-electron chi connectivity index (χ1n) is 7.53. The van der Waals surface area contributed by atoms with Crippen molar-refractivity contribution in [3.63, 3.8) is 0 Å². The second-order valence-electron chi connectivity index (χ2n) is 6.90. The van der Waals surface area contributed by atoms with Crippen LogP contribution in [0.2, 0.25) is 0 Å². The highest BCUT2D eigenvalue weighted by molar-refractivity contribution is 7.87. The van der Waals surface area contributed by atoms with Crippen molar-refractivity contribution in [3.8, 4) is 0 Å². The molecule has 0 amide bonds. The molecule has 0 radical (unpaired) electrons. The molecule has 3 aliphatic rings. The van der Waals surface area contributed by atoms with Gasteiger partial charge in [0, 0.05) is 0 Å². The predicted octanol–water partition coefficient (Wildman–Crippen LogP) is 1.25. The van der Waals surface area contributed by atoms with Crippen LogP contribution >= 0.6 is 0 Å². The molecule has 3 aliphatic heterocycles. The summed E-state index contributed by atoms with van der Waals surface area (Å²) >= 11 is 0. The van der Waals surface area contributed by atoms with Crippen LogP contribution in [0.15, 0.2) is 0 Å². The molecule has 25 heavy (non-hydrogen) atoms. The van der Waals surface area contributed by atoms with E-state index >= 15 is 0 Å². The average Bonchev–Trinajstić information content (AvgIpc) is 2.99. The van der Waals surface area contributed by atoms with Crippen molar-refractivity contribution in [1.29, 1.82) is 0 Å². The van der Waals surface area contributed by atoms with Gasteiger partial charge in [-0.25, -0.2) is 0 Å². The van der Waals surface area contributed by atoms with Crippen molar-refractivity contribution in [2.75, 3.05) is 6.61 Å². The molecule has 146 valence electrons. The molecule has 2 unspecified atom stereocenters. The van der Waals surface area contributed by atoms with Crippen LogP contribution in [-0.4, -0.2) is 62.8 Å². The van der Waals surface area contributed by atoms with E-state index in [1.807, 2.05) is 0 Å². The minimum atomic E-state index is -5.86. The molecule has 0 bridgehead atoms. The molecule has 3 saturated heterocycles. The quantitative estimate of drug-likeness (QED) is 0.524. The van der Waals surface area contributed by atoms with Gasteiger partial charge >= 0.3 is 15.6 Å². The molecule has 0 N–H and O–H groups in total. The number of hydrogen-bond acceptors (Lipinski definition) is 8. The van der Waals surface area contributed by atoms with E-state index in [4.69, 9.17) is 23.7 Å². The van der Waals surface area contributed by atoms with Crippen LogP contribution in [0.25, 0.3) is 0 Å². The number of rotatable bonds is 3. The van der Waals surface area contributed by atoms with Crippen molar-refractivity contribution in [3.05, 3.63) is 0 Å². The SMILES string of the molecule is CC1(C)OCC([C@H]2O[C@@H]3OC(C)(C)O[C@H]3C2OS(=O)(=O)C(F)(F)F)O1. The highest BCUT2D eigenvalue weighted by Gasteiger charge is 2.62. The van der Waals surface area contributed by atoms with E-state index in [2.05, 4.69) is 4.18 Å². The minimum Gasteiger partial charge on any atom is -0.348 e. The Kier molecular flexibility index (Phi) is 4.43. The first-order valence-corrected chi connectivity index (χ1v) is 8.94. The molecule has 0 aromatic heterocycles. The van der Waals surface area contributed by atoms with E-state index in [0.717, 1.165) is 0 Å². The number of ether oxygens (including phenoxy) is 5. The fraction of sp³-hybridized carbons (Fsp3) is 1.00. The standard InChI is InChI=1S/C13H19F3O8S/c1-11(2)19-5-6(21-11)7-8(24-25(17,18)13(14,15)16)9-10(20-7)23-12(3,4)22-9/h6-10H,5H2,1-4H3/t6?,7-,8?,9+,10-/m1/s1. The van der Waals surface area contributed by atoms with Gasteiger partial charge < -0.3 is 23.7 Å². The van der Waals surface area contributed by atoms with Gasteiger partial charge in [0.2, 0.25) is 0 Å². The predicted molar refractivity (Wildman–Crippen MR) is 73.4 cm³/mol. The maximum Gasteiger partial charge on any atom is 0.523 e. The van der Waals surface area contributed by atoms with E-state index in [0.29, 0.717) is 0 Å². The lowest BCUT2D eigenvalue weighted by Gasteiger charge is -2.28. The summed E-state index contributed by atoms with van der Waals surface area (Å²) in [5.41, 5.74) is -5.57. The average molecular weight is 392 g/mol. The lowest BCUT2D eigenvalue weighted by Crippen LogP contribution is -2.46. The van der Waals surface area contributed by atoms with Crippen LogP contribution in [0.4, 0.5) is 13.2 Å². The van der Waals surface area contributed by atoms with E-state index in [1.54, 1.807) is 13.8 Å². The topological polar surface area (TPSA) is 89.5 Å². The summed E-state index contributed by atoms with van der Waals surface area (Å²) in [6, 6.07) is 0. The molecule has 5 atom stereocenters. The molecule has 0 aromatic carbocycles. The highest BCUT2D eigenvalue weighted by atomic mass is 32.2. The second-order valence-corrected chi connectivity index (χ2v) is 8.46. The molecule has 0 saturated carbocycles. The molecular formula is C13H19F3O8S. The zero-order valence-electron chi connectivity index (χ0n) is 13.9. The van der Waals surface area contributed by atoms with Gasteiger partial charge in [-0.05, 0) is 27.7 Å². The van der Waals surface area contributed by atoms with Crippen molar-refractivity contribution in [1.82, 2.24) is 0 Å². The Labute approximate surface area is 142 Å². The number of halogens is 3. The zero-order chi connectivity index (χ0) is 18.8. The normalized spacial score (nSPS) is 40.4. The summed E-state index contributed by atoms with van der Waals surface area (Å²) in [6.45, 7) is 6.27. The third-order valence-electron chi connectivity index (χ3n) is 3.95. The summed E-state index contributed by atoms with van der Waals surface area (Å²) in [5, 5.41) is 0. The lowest BCUT2D eigenvalue weighted by atomic mass is 10.1. The first kappa shape index (κ1) is 19.3. The van der Waals surface area contributed by atoms with Crippen LogP contribution < -0.4 is 0 Å². The number of fused-ring (bicyclic) bond motifs is 1. The lowest BCUT2D eigenvalue weighted by molar-refractivity contribution is -0.230. The highest BCUT2D eigenvalue weighted by Crippen LogP contribution is 2.43. The van der Waals surface area contributed by atoms with Gasteiger partial charge in [-0.15, -0.1) is 0 Å². The van der Waals surface area contributed by atoms with E-state index in [9.17, 15) is 21.6 Å². The van der Waals surface area contributed by atoms with Crippen molar-refractivity contribution in [2.24, 2.45) is 0 Å². The van der Waals surface area contributed by atoms with E-state index in [-0.39, 0.29) is 6.61 Å². The Bertz CT molecular complexity index is 632. The summed E-state index contributed by atoms with van der Waals surface area (Å²) in [6.07, 6.45) is -5.86. The molecule has 0 spiro atoms. The maximum atomic E-state index is 12.7. The maximum absolute atomic E-state index is 12.7. The van der Waals surface area contributed by atoms with Gasteiger partial charge in [-0.3, -0.25) is 4.18 Å². The first-order chi connectivity index (χ1) is 11.2. The molecule has 0 aliphatic carbocycles. The molecule has 0 aromatic rings. The monoisotopic (exact) mass is 392 g/mol. The van der Waals surface area contributed by atoms with Gasteiger partial charge in [0.1, 0.15) is 24.4 Å². The summed E-state index contributed by atoms with van der Waals surface area (Å²) in [7, 11) is -5.86. The Morgan fingerprint density at radius 3 is 2.16 bits per heavy atom. The minimum absolute atomic E-state index is 0.00751. The largest absolute Gasteiger partial charge is 0.523 e. The Hall–Kier alpha value is -0.500. The fourth-order valence-electron chi connectivity index (χ4n) is 2.99. The molecular weight excluding hydrogens is 373 g/mol. The van der Waals surface area contributed by atoms with Crippen LogP contribution in [0.5, 0.6) is 0 Å². The molecule has 3 fully saturated rings. The number of alkyl halides is 3. The molecule has 3 heterocycles. The molecule has 3 rings (SSSR count). The van der Waals surface area contributed by atoms with E-state index < -0.39 is 57.9 Å². The van der Waals surface area contributed by atoms with Gasteiger partial charge in [-0.1, -0.05) is 0 Å². The Morgan fingerprint density at radius 1 is 1.00 bits per heavy atom. The van der Waals surface area contributed by atoms with Gasteiger partial charge in [0.25, 0.3) is 0 Å². The van der Waals surface area contributed by atoms with Crippen LogP contribution in [0.3, 0.4) is 0 Å². The third-order valence-corrected chi connectivity index (χ3v) is 4.99. The second kappa shape index (κ2) is 5.75. The molecule has 12 heteroatoms. The smallest absolute Gasteiger partial charge is 0.348 e.